The van der Waals surface area contributed by atoms with Crippen LogP contribution in [0.2, 0.25) is 5.02 Å². The van der Waals surface area contributed by atoms with Gasteiger partial charge >= 0.3 is 6.03 Å². The maximum atomic E-state index is 11.8. The number of hydrazine groups is 1. The first-order valence-electron chi connectivity index (χ1n) is 7.05. The summed E-state index contributed by atoms with van der Waals surface area (Å²) in [7, 11) is 0. The van der Waals surface area contributed by atoms with E-state index in [2.05, 4.69) is 48.0 Å². The molecule has 0 bridgehead atoms. The van der Waals surface area contributed by atoms with Crippen LogP contribution in [0, 0.1) is 6.92 Å². The summed E-state index contributed by atoms with van der Waals surface area (Å²) in [6.07, 6.45) is 0. The molecule has 132 valence electrons. The lowest BCUT2D eigenvalue weighted by atomic mass is 10.2. The van der Waals surface area contributed by atoms with Crippen LogP contribution < -0.4 is 20.9 Å². The van der Waals surface area contributed by atoms with Gasteiger partial charge in [-0.15, -0.1) is 0 Å². The van der Waals surface area contributed by atoms with Crippen LogP contribution in [-0.4, -0.2) is 18.5 Å². The van der Waals surface area contributed by atoms with Gasteiger partial charge in [-0.1, -0.05) is 33.6 Å². The highest BCUT2D eigenvalue weighted by Crippen LogP contribution is 2.32. The van der Waals surface area contributed by atoms with Crippen molar-refractivity contribution in [1.82, 2.24) is 10.9 Å². The molecule has 3 N–H and O–H groups in total. The van der Waals surface area contributed by atoms with Crippen LogP contribution in [0.5, 0.6) is 5.75 Å². The minimum Gasteiger partial charge on any atom is -0.482 e. The second-order valence-electron chi connectivity index (χ2n) is 4.96. The zero-order valence-electron chi connectivity index (χ0n) is 13.0. The SMILES string of the molecule is Cc1cc(Br)cc(Br)c1OCC(=O)NNC(=O)Nc1cccc(Cl)c1. The van der Waals surface area contributed by atoms with Crippen molar-refractivity contribution in [3.05, 3.63) is 55.9 Å². The first-order chi connectivity index (χ1) is 11.8. The summed E-state index contributed by atoms with van der Waals surface area (Å²) in [5, 5.41) is 3.02. The topological polar surface area (TPSA) is 79.5 Å². The van der Waals surface area contributed by atoms with Gasteiger partial charge in [0.05, 0.1) is 4.47 Å². The third-order valence-electron chi connectivity index (χ3n) is 2.94. The first kappa shape index (κ1) is 19.6. The highest BCUT2D eigenvalue weighted by Gasteiger charge is 2.10. The minimum absolute atomic E-state index is 0.251. The molecule has 0 unspecified atom stereocenters. The van der Waals surface area contributed by atoms with Gasteiger partial charge in [0.15, 0.2) is 6.61 Å². The van der Waals surface area contributed by atoms with Crippen molar-refractivity contribution in [2.24, 2.45) is 0 Å². The molecule has 0 saturated carbocycles. The number of amides is 3. The van der Waals surface area contributed by atoms with Crippen molar-refractivity contribution >= 4 is 61.1 Å². The Morgan fingerprint density at radius 1 is 1.16 bits per heavy atom. The van der Waals surface area contributed by atoms with E-state index < -0.39 is 11.9 Å². The Morgan fingerprint density at radius 3 is 2.60 bits per heavy atom. The molecule has 0 aliphatic heterocycles. The molecule has 0 aliphatic carbocycles. The van der Waals surface area contributed by atoms with Gasteiger partial charge in [-0.3, -0.25) is 10.2 Å². The smallest absolute Gasteiger partial charge is 0.337 e. The molecule has 3 amide bonds. The molecule has 0 fully saturated rings. The standard InChI is InChI=1S/C16H14Br2ClN3O3/c1-9-5-10(17)6-13(18)15(9)25-8-14(23)21-22-16(24)20-12-4-2-3-11(19)7-12/h2-7H,8H2,1H3,(H,21,23)(H2,20,22,24). The summed E-state index contributed by atoms with van der Waals surface area (Å²) in [6.45, 7) is 1.61. The average molecular weight is 492 g/mol. The molecule has 9 heteroatoms. The normalized spacial score (nSPS) is 10.1. The number of halogens is 3. The minimum atomic E-state index is -0.600. The lowest BCUT2D eigenvalue weighted by Crippen LogP contribution is -2.45. The predicted molar refractivity (Wildman–Crippen MR) is 104 cm³/mol. The van der Waals surface area contributed by atoms with Crippen LogP contribution in [0.15, 0.2) is 45.3 Å². The molecule has 2 aromatic carbocycles. The monoisotopic (exact) mass is 489 g/mol. The zero-order valence-corrected chi connectivity index (χ0v) is 17.0. The fourth-order valence-electron chi connectivity index (χ4n) is 1.90. The van der Waals surface area contributed by atoms with Crippen LogP contribution in [0.3, 0.4) is 0 Å². The molecule has 0 atom stereocenters. The molecule has 0 aromatic heterocycles. The molecule has 0 radical (unpaired) electrons. The van der Waals surface area contributed by atoms with Gasteiger partial charge < -0.3 is 10.1 Å². The molecule has 0 saturated heterocycles. The fourth-order valence-corrected chi connectivity index (χ4v) is 3.64. The van der Waals surface area contributed by atoms with E-state index in [1.165, 1.54) is 0 Å². The third kappa shape index (κ3) is 6.22. The summed E-state index contributed by atoms with van der Waals surface area (Å²) in [6, 6.07) is 9.72. The Kier molecular flexibility index (Phi) is 7.10. The van der Waals surface area contributed by atoms with Gasteiger partial charge in [0.25, 0.3) is 5.91 Å². The highest BCUT2D eigenvalue weighted by atomic mass is 79.9. The number of hydrogen-bond acceptors (Lipinski definition) is 3. The Balaban J connectivity index is 1.80. The largest absolute Gasteiger partial charge is 0.482 e. The van der Waals surface area contributed by atoms with E-state index in [4.69, 9.17) is 16.3 Å². The highest BCUT2D eigenvalue weighted by molar-refractivity contribution is 9.11. The number of aryl methyl sites for hydroxylation is 1. The number of carbonyl (C=O) groups excluding carboxylic acids is 2. The van der Waals surface area contributed by atoms with Crippen molar-refractivity contribution in [1.29, 1.82) is 0 Å². The predicted octanol–water partition coefficient (Wildman–Crippen LogP) is 4.41. The fraction of sp³-hybridized carbons (Fsp3) is 0.125. The molecule has 2 aromatic rings. The molecular formula is C16H14Br2ClN3O3. The van der Waals surface area contributed by atoms with Crippen molar-refractivity contribution in [3.63, 3.8) is 0 Å². The van der Waals surface area contributed by atoms with Gasteiger partial charge in [-0.2, -0.15) is 0 Å². The number of urea groups is 1. The zero-order chi connectivity index (χ0) is 18.4. The summed E-state index contributed by atoms with van der Waals surface area (Å²) in [5.74, 6) is 0.0530. The number of benzene rings is 2. The molecule has 25 heavy (non-hydrogen) atoms. The van der Waals surface area contributed by atoms with Crippen LogP contribution in [0.4, 0.5) is 10.5 Å². The molecule has 6 nitrogen and oxygen atoms in total. The third-order valence-corrected chi connectivity index (χ3v) is 4.22. The Bertz CT molecular complexity index is 779. The van der Waals surface area contributed by atoms with Gasteiger partial charge in [-0.25, -0.2) is 10.2 Å². The average Bonchev–Trinajstić information content (AvgIpc) is 2.52. The molecule has 0 heterocycles. The van der Waals surface area contributed by atoms with Crippen LogP contribution in [0.25, 0.3) is 0 Å². The maximum absolute atomic E-state index is 11.8. The molecule has 2 rings (SSSR count). The van der Waals surface area contributed by atoms with Crippen molar-refractivity contribution in [3.8, 4) is 5.75 Å². The summed E-state index contributed by atoms with van der Waals surface area (Å²) < 4.78 is 7.10. The van der Waals surface area contributed by atoms with Crippen molar-refractivity contribution < 1.29 is 14.3 Å². The van der Waals surface area contributed by atoms with Gasteiger partial charge in [-0.05, 0) is 58.7 Å². The summed E-state index contributed by atoms with van der Waals surface area (Å²) in [4.78, 5) is 23.5. The van der Waals surface area contributed by atoms with Gasteiger partial charge in [0, 0.05) is 15.2 Å². The van der Waals surface area contributed by atoms with Crippen molar-refractivity contribution in [2.45, 2.75) is 6.92 Å². The second-order valence-corrected chi connectivity index (χ2v) is 7.17. The maximum Gasteiger partial charge on any atom is 0.337 e. The molecule has 0 aliphatic rings. The quantitative estimate of drug-likeness (QED) is 0.555. The second kappa shape index (κ2) is 9.07. The van der Waals surface area contributed by atoms with E-state index in [0.29, 0.717) is 16.5 Å². The van der Waals surface area contributed by atoms with Crippen LogP contribution in [-0.2, 0) is 4.79 Å². The number of carbonyl (C=O) groups is 2. The molecular weight excluding hydrogens is 477 g/mol. The summed E-state index contributed by atoms with van der Waals surface area (Å²) in [5.41, 5.74) is 5.85. The van der Waals surface area contributed by atoms with E-state index in [0.717, 1.165) is 14.5 Å². The van der Waals surface area contributed by atoms with E-state index in [9.17, 15) is 9.59 Å². The van der Waals surface area contributed by atoms with Crippen LogP contribution >= 0.6 is 43.5 Å². The summed E-state index contributed by atoms with van der Waals surface area (Å²) >= 11 is 12.6. The Morgan fingerprint density at radius 2 is 1.92 bits per heavy atom. The van der Waals surface area contributed by atoms with E-state index in [1.54, 1.807) is 24.3 Å². The lowest BCUT2D eigenvalue weighted by molar-refractivity contribution is -0.123. The number of hydrogen-bond donors (Lipinski definition) is 3. The van der Waals surface area contributed by atoms with E-state index >= 15 is 0 Å². The van der Waals surface area contributed by atoms with Gasteiger partial charge in [0.2, 0.25) is 0 Å². The first-order valence-corrected chi connectivity index (χ1v) is 9.01. The number of rotatable bonds is 4. The number of nitrogens with one attached hydrogen (secondary N) is 3. The lowest BCUT2D eigenvalue weighted by Gasteiger charge is -2.12. The number of ether oxygens (including phenoxy) is 1. The Labute approximate surface area is 166 Å². The number of anilines is 1. The van der Waals surface area contributed by atoms with Crippen LogP contribution in [0.1, 0.15) is 5.56 Å². The molecule has 0 spiro atoms. The van der Waals surface area contributed by atoms with E-state index in [-0.39, 0.29) is 6.61 Å². The van der Waals surface area contributed by atoms with E-state index in [1.807, 2.05) is 19.1 Å². The van der Waals surface area contributed by atoms with Crippen molar-refractivity contribution in [2.75, 3.05) is 11.9 Å². The van der Waals surface area contributed by atoms with Gasteiger partial charge in [0.1, 0.15) is 5.75 Å². The Hall–Kier alpha value is -1.77.